The average Bonchev–Trinajstić information content (AvgIpc) is 2.17. The lowest BCUT2D eigenvalue weighted by Crippen LogP contribution is -2.24. The molecule has 2 atom stereocenters. The molecule has 0 rings (SSSR count). The van der Waals surface area contributed by atoms with Gasteiger partial charge in [0.15, 0.2) is 0 Å². The fourth-order valence-electron chi connectivity index (χ4n) is 1.25. The Labute approximate surface area is 90.9 Å². The van der Waals surface area contributed by atoms with Crippen LogP contribution in [0.4, 0.5) is 0 Å². The number of carbonyl (C=O) groups excluding carboxylic acids is 2. The van der Waals surface area contributed by atoms with E-state index in [4.69, 9.17) is 9.47 Å². The van der Waals surface area contributed by atoms with Crippen molar-refractivity contribution < 1.29 is 19.1 Å². The van der Waals surface area contributed by atoms with Gasteiger partial charge in [-0.1, -0.05) is 13.3 Å². The summed E-state index contributed by atoms with van der Waals surface area (Å²) in [5.41, 5.74) is 0. The number of carbonyl (C=O) groups is 2. The molecule has 0 radical (unpaired) electrons. The van der Waals surface area contributed by atoms with Gasteiger partial charge < -0.3 is 14.3 Å². The Morgan fingerprint density at radius 2 is 2.07 bits per heavy atom. The van der Waals surface area contributed by atoms with E-state index in [1.807, 2.05) is 6.92 Å². The van der Waals surface area contributed by atoms with E-state index in [-0.39, 0.29) is 18.5 Å². The van der Waals surface area contributed by atoms with Crippen molar-refractivity contribution >= 4 is 12.3 Å². The minimum absolute atomic E-state index is 0.196. The molecule has 4 nitrogen and oxygen atoms in total. The van der Waals surface area contributed by atoms with Gasteiger partial charge in [-0.05, 0) is 20.3 Å². The highest BCUT2D eigenvalue weighted by Crippen LogP contribution is 2.07. The van der Waals surface area contributed by atoms with Gasteiger partial charge in [0.2, 0.25) is 0 Å². The number of ether oxygens (including phenoxy) is 2. The second-order valence-electron chi connectivity index (χ2n) is 3.42. The van der Waals surface area contributed by atoms with Crippen LogP contribution in [0.15, 0.2) is 0 Å². The molecule has 0 spiro atoms. The van der Waals surface area contributed by atoms with Crippen molar-refractivity contribution in [3.63, 3.8) is 0 Å². The first-order valence-electron chi connectivity index (χ1n) is 5.40. The molecule has 0 saturated carbocycles. The third kappa shape index (κ3) is 7.08. The van der Waals surface area contributed by atoms with Crippen molar-refractivity contribution in [2.24, 2.45) is 0 Å². The fraction of sp³-hybridized carbons (Fsp3) is 0.818. The summed E-state index contributed by atoms with van der Waals surface area (Å²) in [4.78, 5) is 21.7. The number of hydrogen-bond acceptors (Lipinski definition) is 4. The van der Waals surface area contributed by atoms with Gasteiger partial charge in [0.25, 0.3) is 0 Å². The van der Waals surface area contributed by atoms with Gasteiger partial charge in [0.05, 0.1) is 19.1 Å². The summed E-state index contributed by atoms with van der Waals surface area (Å²) >= 11 is 0. The van der Waals surface area contributed by atoms with Gasteiger partial charge in [-0.25, -0.2) is 0 Å². The Morgan fingerprint density at radius 3 is 2.53 bits per heavy atom. The van der Waals surface area contributed by atoms with Crippen LogP contribution in [0.1, 0.15) is 40.0 Å². The van der Waals surface area contributed by atoms with E-state index in [1.54, 1.807) is 13.8 Å². The van der Waals surface area contributed by atoms with Crippen molar-refractivity contribution in [1.82, 2.24) is 0 Å². The Bertz CT molecular complexity index is 191. The highest BCUT2D eigenvalue weighted by atomic mass is 16.5. The maximum absolute atomic E-state index is 11.1. The monoisotopic (exact) mass is 216 g/mol. The maximum Gasteiger partial charge on any atom is 0.308 e. The van der Waals surface area contributed by atoms with Gasteiger partial charge in [0.1, 0.15) is 12.4 Å². The zero-order valence-electron chi connectivity index (χ0n) is 9.69. The molecule has 0 aliphatic heterocycles. The van der Waals surface area contributed by atoms with E-state index < -0.39 is 6.10 Å². The summed E-state index contributed by atoms with van der Waals surface area (Å²) in [5.74, 6) is -0.286. The molecule has 2 unspecified atom stereocenters. The van der Waals surface area contributed by atoms with Crippen molar-refractivity contribution in [3.8, 4) is 0 Å². The summed E-state index contributed by atoms with van der Waals surface area (Å²) in [5, 5.41) is 0. The normalized spacial score (nSPS) is 14.3. The lowest BCUT2D eigenvalue weighted by molar-refractivity contribution is -0.148. The van der Waals surface area contributed by atoms with Crippen LogP contribution in [0.2, 0.25) is 0 Å². The number of rotatable bonds is 8. The van der Waals surface area contributed by atoms with Crippen LogP contribution in [-0.4, -0.2) is 31.1 Å². The summed E-state index contributed by atoms with van der Waals surface area (Å²) in [6, 6.07) is 0. The molecular weight excluding hydrogens is 196 g/mol. The minimum Gasteiger partial charge on any atom is -0.466 e. The van der Waals surface area contributed by atoms with E-state index in [1.165, 1.54) is 0 Å². The molecule has 0 bridgehead atoms. The topological polar surface area (TPSA) is 52.6 Å². The molecule has 0 aliphatic carbocycles. The molecule has 0 aromatic heterocycles. The third-order valence-electron chi connectivity index (χ3n) is 1.89. The van der Waals surface area contributed by atoms with Gasteiger partial charge in [-0.15, -0.1) is 0 Å². The molecule has 0 aromatic carbocycles. The molecule has 0 fully saturated rings. The molecule has 0 aliphatic rings. The van der Waals surface area contributed by atoms with E-state index in [9.17, 15) is 9.59 Å². The predicted molar refractivity (Wildman–Crippen MR) is 56.6 cm³/mol. The Balaban J connectivity index is 3.84. The van der Waals surface area contributed by atoms with Crippen LogP contribution in [0.25, 0.3) is 0 Å². The third-order valence-corrected chi connectivity index (χ3v) is 1.89. The smallest absolute Gasteiger partial charge is 0.308 e. The zero-order chi connectivity index (χ0) is 11.7. The zero-order valence-corrected chi connectivity index (χ0v) is 9.69. The highest BCUT2D eigenvalue weighted by molar-refractivity contribution is 5.69. The first-order chi connectivity index (χ1) is 7.13. The lowest BCUT2D eigenvalue weighted by atomic mass is 10.2. The molecule has 0 saturated heterocycles. The van der Waals surface area contributed by atoms with E-state index >= 15 is 0 Å². The predicted octanol–water partition coefficient (Wildman–Crippen LogP) is 1.71. The number of esters is 1. The van der Waals surface area contributed by atoms with Crippen LogP contribution >= 0.6 is 0 Å². The molecule has 4 heteroatoms. The SMILES string of the molecule is CCCC(C=O)OC(C)CC(=O)OCC. The second-order valence-corrected chi connectivity index (χ2v) is 3.42. The van der Waals surface area contributed by atoms with Crippen molar-refractivity contribution in [2.45, 2.75) is 52.2 Å². The largest absolute Gasteiger partial charge is 0.466 e. The van der Waals surface area contributed by atoms with Gasteiger partial charge >= 0.3 is 5.97 Å². The van der Waals surface area contributed by atoms with E-state index in [0.29, 0.717) is 13.0 Å². The molecular formula is C11H20O4. The average molecular weight is 216 g/mol. The molecule has 0 heterocycles. The molecule has 88 valence electrons. The number of hydrogen-bond donors (Lipinski definition) is 0. The van der Waals surface area contributed by atoms with Crippen LogP contribution in [0, 0.1) is 0 Å². The minimum atomic E-state index is -0.403. The summed E-state index contributed by atoms with van der Waals surface area (Å²) < 4.78 is 10.2. The summed E-state index contributed by atoms with van der Waals surface area (Å²) in [7, 11) is 0. The van der Waals surface area contributed by atoms with E-state index in [2.05, 4.69) is 0 Å². The van der Waals surface area contributed by atoms with E-state index in [0.717, 1.165) is 12.7 Å². The van der Waals surface area contributed by atoms with Crippen LogP contribution in [0.5, 0.6) is 0 Å². The lowest BCUT2D eigenvalue weighted by Gasteiger charge is -2.16. The van der Waals surface area contributed by atoms with Crippen LogP contribution in [0.3, 0.4) is 0 Å². The maximum atomic E-state index is 11.1. The molecule has 0 aromatic rings. The van der Waals surface area contributed by atoms with Gasteiger partial charge in [-0.2, -0.15) is 0 Å². The Hall–Kier alpha value is -0.900. The van der Waals surface area contributed by atoms with Gasteiger partial charge in [-0.3, -0.25) is 4.79 Å². The van der Waals surface area contributed by atoms with Crippen LogP contribution < -0.4 is 0 Å². The van der Waals surface area contributed by atoms with Crippen molar-refractivity contribution in [3.05, 3.63) is 0 Å². The van der Waals surface area contributed by atoms with Crippen molar-refractivity contribution in [2.75, 3.05) is 6.61 Å². The highest BCUT2D eigenvalue weighted by Gasteiger charge is 2.15. The standard InChI is InChI=1S/C11H20O4/c1-4-6-10(8-12)15-9(3)7-11(13)14-5-2/h8-10H,4-7H2,1-3H3. The van der Waals surface area contributed by atoms with Crippen LogP contribution in [-0.2, 0) is 19.1 Å². The summed E-state index contributed by atoms with van der Waals surface area (Å²) in [6.07, 6.45) is 1.88. The summed E-state index contributed by atoms with van der Waals surface area (Å²) in [6.45, 7) is 5.88. The first-order valence-corrected chi connectivity index (χ1v) is 5.40. The Kier molecular flexibility index (Phi) is 7.91. The second kappa shape index (κ2) is 8.41. The molecule has 0 N–H and O–H groups in total. The quantitative estimate of drug-likeness (QED) is 0.458. The molecule has 0 amide bonds. The molecule has 15 heavy (non-hydrogen) atoms. The number of aldehydes is 1. The fourth-order valence-corrected chi connectivity index (χ4v) is 1.25. The first kappa shape index (κ1) is 14.1. The van der Waals surface area contributed by atoms with Crippen molar-refractivity contribution in [1.29, 1.82) is 0 Å². The Morgan fingerprint density at radius 1 is 1.40 bits per heavy atom. The van der Waals surface area contributed by atoms with Gasteiger partial charge in [0, 0.05) is 0 Å².